The van der Waals surface area contributed by atoms with Gasteiger partial charge in [-0.1, -0.05) is 0 Å². The first kappa shape index (κ1) is 12.6. The van der Waals surface area contributed by atoms with E-state index in [0.29, 0.717) is 18.5 Å². The van der Waals surface area contributed by atoms with Crippen molar-refractivity contribution in [2.75, 3.05) is 20.3 Å². The highest BCUT2D eigenvalue weighted by atomic mass is 16.5. The fourth-order valence-corrected chi connectivity index (χ4v) is 2.20. The summed E-state index contributed by atoms with van der Waals surface area (Å²) >= 11 is 0. The minimum atomic E-state index is -1.02. The highest BCUT2D eigenvalue weighted by Gasteiger charge is 2.28. The van der Waals surface area contributed by atoms with Gasteiger partial charge in [-0.25, -0.2) is 4.79 Å². The molecule has 7 heteroatoms. The minimum absolute atomic E-state index is 0.0119. The molecule has 7 nitrogen and oxygen atoms in total. The van der Waals surface area contributed by atoms with Crippen molar-refractivity contribution in [2.24, 2.45) is 7.05 Å². The lowest BCUT2D eigenvalue weighted by atomic mass is 10.1. The standard InChI is InChI=1S/C11H15N3O4/c1-13-10(11(16)17)7-5-14(9(15)6-18-2)4-3-8(7)12-13/h3-6H2,1-2H3,(H,16,17). The van der Waals surface area contributed by atoms with Crippen molar-refractivity contribution in [2.45, 2.75) is 13.0 Å². The number of hydrogen-bond donors (Lipinski definition) is 1. The second-order valence-electron chi connectivity index (χ2n) is 4.20. The topological polar surface area (TPSA) is 84.7 Å². The van der Waals surface area contributed by atoms with Crippen molar-refractivity contribution in [3.63, 3.8) is 0 Å². The number of aromatic carboxylic acids is 1. The third-order valence-corrected chi connectivity index (χ3v) is 3.02. The van der Waals surface area contributed by atoms with Crippen molar-refractivity contribution >= 4 is 11.9 Å². The Balaban J connectivity index is 2.27. The third kappa shape index (κ3) is 2.08. The zero-order chi connectivity index (χ0) is 13.3. The highest BCUT2D eigenvalue weighted by Crippen LogP contribution is 2.21. The summed E-state index contributed by atoms with van der Waals surface area (Å²) in [4.78, 5) is 24.5. The van der Waals surface area contributed by atoms with Gasteiger partial charge in [0.25, 0.3) is 0 Å². The van der Waals surface area contributed by atoms with Gasteiger partial charge in [0.15, 0.2) is 5.69 Å². The van der Waals surface area contributed by atoms with Crippen LogP contribution in [0.3, 0.4) is 0 Å². The van der Waals surface area contributed by atoms with Crippen molar-refractivity contribution in [1.82, 2.24) is 14.7 Å². The average molecular weight is 253 g/mol. The van der Waals surface area contributed by atoms with Crippen molar-refractivity contribution in [3.05, 3.63) is 17.0 Å². The molecule has 0 bridgehead atoms. The van der Waals surface area contributed by atoms with Gasteiger partial charge < -0.3 is 14.7 Å². The molecule has 0 saturated carbocycles. The monoisotopic (exact) mass is 253 g/mol. The van der Waals surface area contributed by atoms with Crippen LogP contribution in [0.4, 0.5) is 0 Å². The van der Waals surface area contributed by atoms with Crippen LogP contribution < -0.4 is 0 Å². The van der Waals surface area contributed by atoms with Gasteiger partial charge in [-0.15, -0.1) is 0 Å². The molecule has 0 saturated heterocycles. The number of ether oxygens (including phenoxy) is 1. The summed E-state index contributed by atoms with van der Waals surface area (Å²) in [5.41, 5.74) is 1.54. The van der Waals surface area contributed by atoms with E-state index < -0.39 is 5.97 Å². The number of hydrogen-bond acceptors (Lipinski definition) is 4. The number of carboxylic acid groups (broad SMARTS) is 1. The zero-order valence-corrected chi connectivity index (χ0v) is 10.3. The summed E-state index contributed by atoms with van der Waals surface area (Å²) in [6.07, 6.45) is 0.575. The number of aromatic nitrogens is 2. The Hall–Kier alpha value is -1.89. The Bertz CT molecular complexity index is 495. The summed E-state index contributed by atoms with van der Waals surface area (Å²) < 4.78 is 6.16. The van der Waals surface area contributed by atoms with Gasteiger partial charge in [0.05, 0.1) is 5.69 Å². The Morgan fingerprint density at radius 3 is 2.83 bits per heavy atom. The molecule has 0 fully saturated rings. The van der Waals surface area contributed by atoms with Gasteiger partial charge in [0.1, 0.15) is 6.61 Å². The fraction of sp³-hybridized carbons (Fsp3) is 0.545. The smallest absolute Gasteiger partial charge is 0.354 e. The lowest BCUT2D eigenvalue weighted by Crippen LogP contribution is -2.38. The molecule has 1 aliphatic rings. The van der Waals surface area contributed by atoms with Crippen molar-refractivity contribution in [3.8, 4) is 0 Å². The number of nitrogens with zero attached hydrogens (tertiary/aromatic N) is 3. The van der Waals surface area contributed by atoms with Crippen LogP contribution in [0.1, 0.15) is 21.7 Å². The van der Waals surface area contributed by atoms with Crippen LogP contribution >= 0.6 is 0 Å². The minimum Gasteiger partial charge on any atom is -0.477 e. The number of carbonyl (C=O) groups is 2. The predicted octanol–water partition coefficient (Wildman–Crippen LogP) is -0.351. The Morgan fingerprint density at radius 1 is 1.50 bits per heavy atom. The lowest BCUT2D eigenvalue weighted by Gasteiger charge is -2.26. The van der Waals surface area contributed by atoms with Crippen molar-refractivity contribution < 1.29 is 19.4 Å². The molecule has 1 amide bonds. The number of amides is 1. The Morgan fingerprint density at radius 2 is 2.22 bits per heavy atom. The van der Waals surface area contributed by atoms with E-state index in [1.165, 1.54) is 11.8 Å². The van der Waals surface area contributed by atoms with Gasteiger partial charge in [0.2, 0.25) is 5.91 Å². The molecule has 0 spiro atoms. The lowest BCUT2D eigenvalue weighted by molar-refractivity contribution is -0.136. The average Bonchev–Trinajstić information content (AvgIpc) is 2.64. The number of rotatable bonds is 3. The predicted molar refractivity (Wildman–Crippen MR) is 61.2 cm³/mol. The second-order valence-corrected chi connectivity index (χ2v) is 4.20. The van der Waals surface area contributed by atoms with Crippen LogP contribution in [-0.2, 0) is 29.5 Å². The largest absolute Gasteiger partial charge is 0.477 e. The summed E-state index contributed by atoms with van der Waals surface area (Å²) in [5, 5.41) is 13.3. The van der Waals surface area contributed by atoms with Crippen molar-refractivity contribution in [1.29, 1.82) is 0 Å². The Kier molecular flexibility index (Phi) is 3.33. The molecule has 0 aliphatic carbocycles. The van der Waals surface area contributed by atoms with Gasteiger partial charge in [-0.05, 0) is 0 Å². The van der Waals surface area contributed by atoms with Gasteiger partial charge in [0, 0.05) is 39.2 Å². The maximum atomic E-state index is 11.7. The maximum Gasteiger partial charge on any atom is 0.354 e. The molecule has 0 aromatic carbocycles. The highest BCUT2D eigenvalue weighted by molar-refractivity contribution is 5.88. The first-order chi connectivity index (χ1) is 8.54. The van der Waals surface area contributed by atoms with E-state index in [-0.39, 0.29) is 24.8 Å². The molecule has 1 aromatic heterocycles. The molecule has 1 aromatic rings. The van der Waals surface area contributed by atoms with Crippen LogP contribution in [-0.4, -0.2) is 51.9 Å². The third-order valence-electron chi connectivity index (χ3n) is 3.02. The van der Waals surface area contributed by atoms with E-state index >= 15 is 0 Å². The molecular weight excluding hydrogens is 238 g/mol. The molecular formula is C11H15N3O4. The molecule has 0 atom stereocenters. The number of carboxylic acids is 1. The number of methoxy groups -OCH3 is 1. The van der Waals surface area contributed by atoms with Crippen LogP contribution in [0.25, 0.3) is 0 Å². The van der Waals surface area contributed by atoms with E-state index in [0.717, 1.165) is 5.69 Å². The molecule has 2 rings (SSSR count). The summed E-state index contributed by atoms with van der Waals surface area (Å²) in [7, 11) is 3.06. The Labute approximate surface area is 104 Å². The van der Waals surface area contributed by atoms with E-state index in [2.05, 4.69) is 5.10 Å². The van der Waals surface area contributed by atoms with E-state index in [4.69, 9.17) is 9.84 Å². The second kappa shape index (κ2) is 4.77. The number of aryl methyl sites for hydroxylation is 1. The molecule has 1 aliphatic heterocycles. The molecule has 18 heavy (non-hydrogen) atoms. The van der Waals surface area contributed by atoms with Crippen LogP contribution in [0.15, 0.2) is 0 Å². The zero-order valence-electron chi connectivity index (χ0n) is 10.3. The molecule has 2 heterocycles. The van der Waals surface area contributed by atoms with Gasteiger partial charge in [-0.3, -0.25) is 9.48 Å². The quantitative estimate of drug-likeness (QED) is 0.795. The summed E-state index contributed by atoms with van der Waals surface area (Å²) in [6.45, 7) is 0.844. The summed E-state index contributed by atoms with van der Waals surface area (Å²) in [5.74, 6) is -1.16. The summed E-state index contributed by atoms with van der Waals surface area (Å²) in [6, 6.07) is 0. The van der Waals surface area contributed by atoms with Gasteiger partial charge in [-0.2, -0.15) is 5.10 Å². The first-order valence-electron chi connectivity index (χ1n) is 5.59. The number of fused-ring (bicyclic) bond motifs is 1. The van der Waals surface area contributed by atoms with E-state index in [1.54, 1.807) is 11.9 Å². The van der Waals surface area contributed by atoms with E-state index in [9.17, 15) is 9.59 Å². The molecule has 0 radical (unpaired) electrons. The van der Waals surface area contributed by atoms with Crippen LogP contribution in [0.5, 0.6) is 0 Å². The normalized spacial score (nSPS) is 14.4. The van der Waals surface area contributed by atoms with Gasteiger partial charge >= 0.3 is 5.97 Å². The molecule has 98 valence electrons. The first-order valence-corrected chi connectivity index (χ1v) is 5.59. The van der Waals surface area contributed by atoms with Crippen LogP contribution in [0.2, 0.25) is 0 Å². The van der Waals surface area contributed by atoms with Crippen LogP contribution in [0, 0.1) is 0 Å². The SMILES string of the molecule is COCC(=O)N1CCc2nn(C)c(C(=O)O)c2C1. The molecule has 0 unspecified atom stereocenters. The maximum absolute atomic E-state index is 11.7. The molecule has 1 N–H and O–H groups in total. The fourth-order valence-electron chi connectivity index (χ4n) is 2.20. The number of carbonyl (C=O) groups excluding carboxylic acids is 1. The van der Waals surface area contributed by atoms with E-state index in [1.807, 2.05) is 0 Å².